The molecule has 0 unspecified atom stereocenters. The fraction of sp³-hybridized carbons (Fsp3) is 0. The Hall–Kier alpha value is -2.43. The minimum absolute atomic E-state index is 0.0246. The lowest BCUT2D eigenvalue weighted by atomic mass is 10.1. The van der Waals surface area contributed by atoms with E-state index in [9.17, 15) is 9.59 Å². The number of carbonyl (C=O) groups is 2. The van der Waals surface area contributed by atoms with Crippen LogP contribution in [0.5, 0.6) is 0 Å². The summed E-state index contributed by atoms with van der Waals surface area (Å²) in [5.41, 5.74) is 0.433. The van der Waals surface area contributed by atoms with Gasteiger partial charge >= 0.3 is 6.03 Å². The van der Waals surface area contributed by atoms with Crippen molar-refractivity contribution in [2.75, 3.05) is 4.90 Å². The number of rotatable bonds is 1. The molecule has 0 aliphatic carbocycles. The highest BCUT2D eigenvalue weighted by molar-refractivity contribution is 6.37. The molecule has 0 aromatic heterocycles. The van der Waals surface area contributed by atoms with Crippen LogP contribution in [0.4, 0.5) is 10.5 Å². The summed E-state index contributed by atoms with van der Waals surface area (Å²) in [6, 6.07) is 7.87. The molecule has 80 valence electrons. The van der Waals surface area contributed by atoms with Crippen LogP contribution in [0.25, 0.3) is 0 Å². The van der Waals surface area contributed by atoms with Crippen molar-refractivity contribution in [2.24, 2.45) is 0 Å². The van der Waals surface area contributed by atoms with Crippen LogP contribution in [0, 0.1) is 5.41 Å². The molecule has 16 heavy (non-hydrogen) atoms. The average molecular weight is 215 g/mol. The van der Waals surface area contributed by atoms with Crippen molar-refractivity contribution in [2.45, 2.75) is 0 Å². The first-order valence-electron chi connectivity index (χ1n) is 4.59. The van der Waals surface area contributed by atoms with Crippen molar-refractivity contribution >= 4 is 23.5 Å². The molecule has 1 aromatic carbocycles. The molecule has 1 aliphatic rings. The quantitative estimate of drug-likeness (QED) is 0.692. The standard InChI is InChI=1S/C11H9N3O2/c1-7-9(12)13-11(16)14(10(7)15)8-5-3-2-4-6-8/h2-6H,1H2,(H2,12,13,16). The van der Waals surface area contributed by atoms with Gasteiger partial charge < -0.3 is 0 Å². The van der Waals surface area contributed by atoms with Gasteiger partial charge in [0.05, 0.1) is 11.3 Å². The lowest BCUT2D eigenvalue weighted by Crippen LogP contribution is -2.54. The number of amides is 3. The Morgan fingerprint density at radius 2 is 1.81 bits per heavy atom. The fourth-order valence-electron chi connectivity index (χ4n) is 1.38. The Bertz CT molecular complexity index is 493. The second-order valence-electron chi connectivity index (χ2n) is 3.26. The van der Waals surface area contributed by atoms with E-state index in [1.54, 1.807) is 30.3 Å². The van der Waals surface area contributed by atoms with Gasteiger partial charge in [0.25, 0.3) is 5.91 Å². The second-order valence-corrected chi connectivity index (χ2v) is 3.26. The highest BCUT2D eigenvalue weighted by Gasteiger charge is 2.33. The molecule has 1 aliphatic heterocycles. The highest BCUT2D eigenvalue weighted by Crippen LogP contribution is 2.18. The number of urea groups is 1. The summed E-state index contributed by atoms with van der Waals surface area (Å²) in [6.45, 7) is 3.46. The normalized spacial score (nSPS) is 16.4. The lowest BCUT2D eigenvalue weighted by molar-refractivity contribution is -0.114. The number of carbonyl (C=O) groups excluding carboxylic acids is 2. The van der Waals surface area contributed by atoms with Crippen LogP contribution < -0.4 is 10.2 Å². The van der Waals surface area contributed by atoms with Crippen LogP contribution in [0.3, 0.4) is 0 Å². The Kier molecular flexibility index (Phi) is 2.28. The molecule has 0 saturated carbocycles. The summed E-state index contributed by atoms with van der Waals surface area (Å²) in [4.78, 5) is 24.3. The van der Waals surface area contributed by atoms with E-state index in [4.69, 9.17) is 5.41 Å². The Morgan fingerprint density at radius 3 is 2.44 bits per heavy atom. The van der Waals surface area contributed by atoms with E-state index < -0.39 is 11.9 Å². The first-order chi connectivity index (χ1) is 7.61. The number of para-hydroxylation sites is 1. The highest BCUT2D eigenvalue weighted by atomic mass is 16.2. The van der Waals surface area contributed by atoms with Crippen molar-refractivity contribution < 1.29 is 9.59 Å². The van der Waals surface area contributed by atoms with Gasteiger partial charge in [0, 0.05) is 0 Å². The maximum atomic E-state index is 11.8. The van der Waals surface area contributed by atoms with Gasteiger partial charge in [-0.2, -0.15) is 0 Å². The number of nitrogens with zero attached hydrogens (tertiary/aromatic N) is 1. The van der Waals surface area contributed by atoms with Gasteiger partial charge in [0.2, 0.25) is 0 Å². The van der Waals surface area contributed by atoms with Crippen molar-refractivity contribution in [1.82, 2.24) is 5.32 Å². The number of benzene rings is 1. The molecule has 0 spiro atoms. The van der Waals surface area contributed by atoms with Gasteiger partial charge in [-0.05, 0) is 12.1 Å². The van der Waals surface area contributed by atoms with E-state index in [1.807, 2.05) is 0 Å². The van der Waals surface area contributed by atoms with Gasteiger partial charge in [-0.3, -0.25) is 15.5 Å². The molecule has 5 nitrogen and oxygen atoms in total. The van der Waals surface area contributed by atoms with Crippen molar-refractivity contribution in [1.29, 1.82) is 5.41 Å². The largest absolute Gasteiger partial charge is 0.334 e. The molecule has 0 bridgehead atoms. The van der Waals surface area contributed by atoms with E-state index in [-0.39, 0.29) is 11.4 Å². The number of hydrogen-bond acceptors (Lipinski definition) is 3. The van der Waals surface area contributed by atoms with Crippen molar-refractivity contribution in [3.05, 3.63) is 42.5 Å². The zero-order valence-corrected chi connectivity index (χ0v) is 8.36. The molecule has 0 atom stereocenters. The topological polar surface area (TPSA) is 73.3 Å². The first kappa shape index (κ1) is 10.1. The fourth-order valence-corrected chi connectivity index (χ4v) is 1.38. The summed E-state index contributed by atoms with van der Waals surface area (Å²) in [7, 11) is 0. The predicted octanol–water partition coefficient (Wildman–Crippen LogP) is 1.28. The van der Waals surface area contributed by atoms with Crippen LogP contribution >= 0.6 is 0 Å². The van der Waals surface area contributed by atoms with Crippen LogP contribution in [-0.2, 0) is 4.79 Å². The molecular weight excluding hydrogens is 206 g/mol. The summed E-state index contributed by atoms with van der Waals surface area (Å²) >= 11 is 0. The number of imide groups is 1. The minimum Gasteiger partial charge on any atom is -0.291 e. The van der Waals surface area contributed by atoms with Crippen LogP contribution in [-0.4, -0.2) is 17.8 Å². The molecule has 0 radical (unpaired) electrons. The van der Waals surface area contributed by atoms with E-state index >= 15 is 0 Å². The van der Waals surface area contributed by atoms with Gasteiger partial charge in [0.15, 0.2) is 0 Å². The summed E-state index contributed by atoms with van der Waals surface area (Å²) in [6.07, 6.45) is 0. The third kappa shape index (κ3) is 1.48. The summed E-state index contributed by atoms with van der Waals surface area (Å²) in [5.74, 6) is -0.817. The number of amidine groups is 1. The van der Waals surface area contributed by atoms with Crippen LogP contribution in [0.1, 0.15) is 0 Å². The molecule has 2 N–H and O–H groups in total. The minimum atomic E-state index is -0.631. The monoisotopic (exact) mass is 215 g/mol. The maximum absolute atomic E-state index is 11.8. The van der Waals surface area contributed by atoms with Gasteiger partial charge in [0.1, 0.15) is 5.84 Å². The smallest absolute Gasteiger partial charge is 0.291 e. The summed E-state index contributed by atoms with van der Waals surface area (Å²) < 4.78 is 0. The van der Waals surface area contributed by atoms with Crippen LogP contribution in [0.15, 0.2) is 42.5 Å². The molecular formula is C11H9N3O2. The Balaban J connectivity index is 2.42. The van der Waals surface area contributed by atoms with Crippen molar-refractivity contribution in [3.8, 4) is 0 Å². The molecule has 1 heterocycles. The first-order valence-corrected chi connectivity index (χ1v) is 4.59. The van der Waals surface area contributed by atoms with E-state index in [2.05, 4.69) is 11.9 Å². The van der Waals surface area contributed by atoms with E-state index in [0.29, 0.717) is 5.69 Å². The molecule has 3 amide bonds. The predicted molar refractivity (Wildman–Crippen MR) is 59.3 cm³/mol. The second kappa shape index (κ2) is 3.62. The maximum Gasteiger partial charge on any atom is 0.334 e. The molecule has 2 rings (SSSR count). The molecule has 1 saturated heterocycles. The lowest BCUT2D eigenvalue weighted by Gasteiger charge is -2.27. The number of anilines is 1. The number of hydrogen-bond donors (Lipinski definition) is 2. The molecule has 1 fully saturated rings. The Labute approximate surface area is 91.9 Å². The SMILES string of the molecule is C=C1C(=N)NC(=O)N(c2ccccc2)C1=O. The Morgan fingerprint density at radius 1 is 1.19 bits per heavy atom. The van der Waals surface area contributed by atoms with E-state index in [0.717, 1.165) is 4.90 Å². The summed E-state index contributed by atoms with van der Waals surface area (Å²) in [5, 5.41) is 9.59. The van der Waals surface area contributed by atoms with Crippen molar-refractivity contribution in [3.63, 3.8) is 0 Å². The molecule has 5 heteroatoms. The average Bonchev–Trinajstić information content (AvgIpc) is 2.28. The third-order valence-corrected chi connectivity index (χ3v) is 2.21. The zero-order chi connectivity index (χ0) is 11.7. The van der Waals surface area contributed by atoms with Gasteiger partial charge in [-0.25, -0.2) is 9.69 Å². The van der Waals surface area contributed by atoms with Gasteiger partial charge in [-0.1, -0.05) is 24.8 Å². The zero-order valence-electron chi connectivity index (χ0n) is 8.36. The van der Waals surface area contributed by atoms with Crippen LogP contribution in [0.2, 0.25) is 0 Å². The van der Waals surface area contributed by atoms with Gasteiger partial charge in [-0.15, -0.1) is 0 Å². The van der Waals surface area contributed by atoms with E-state index in [1.165, 1.54) is 0 Å². The number of nitrogens with one attached hydrogen (secondary N) is 2. The molecule has 1 aromatic rings. The third-order valence-electron chi connectivity index (χ3n) is 2.21.